The molecule has 0 aliphatic carbocycles. The van der Waals surface area contributed by atoms with Crippen molar-refractivity contribution < 1.29 is 14.3 Å². The van der Waals surface area contributed by atoms with Crippen LogP contribution in [0.1, 0.15) is 37.8 Å². The second-order valence-electron chi connectivity index (χ2n) is 7.93. The molecule has 1 aliphatic heterocycles. The van der Waals surface area contributed by atoms with E-state index in [1.807, 2.05) is 60.5 Å². The number of nitrogens with zero attached hydrogens (tertiary/aromatic N) is 4. The summed E-state index contributed by atoms with van der Waals surface area (Å²) < 4.78 is 11.4. The number of carbonyl (C=O) groups is 1. The molecule has 1 amide bonds. The van der Waals surface area contributed by atoms with Crippen LogP contribution in [0.4, 0.5) is 11.6 Å². The van der Waals surface area contributed by atoms with E-state index in [-0.39, 0.29) is 11.8 Å². The van der Waals surface area contributed by atoms with Crippen LogP contribution in [0.5, 0.6) is 11.5 Å². The minimum absolute atomic E-state index is 0.0125. The number of benzene rings is 1. The molecule has 3 heterocycles. The Morgan fingerprint density at radius 3 is 2.55 bits per heavy atom. The quantitative estimate of drug-likeness (QED) is 0.554. The number of methoxy groups -OCH3 is 1. The van der Waals surface area contributed by atoms with E-state index >= 15 is 0 Å². The fourth-order valence-corrected chi connectivity index (χ4v) is 3.98. The van der Waals surface area contributed by atoms with Crippen LogP contribution in [0.15, 0.2) is 61.1 Å². The van der Waals surface area contributed by atoms with Crippen LogP contribution in [0.3, 0.4) is 0 Å². The summed E-state index contributed by atoms with van der Waals surface area (Å²) in [5, 5.41) is 3.19. The molecule has 33 heavy (non-hydrogen) atoms. The van der Waals surface area contributed by atoms with Crippen LogP contribution in [0, 0.1) is 0 Å². The van der Waals surface area contributed by atoms with Crippen LogP contribution in [-0.2, 0) is 4.79 Å². The van der Waals surface area contributed by atoms with Gasteiger partial charge in [0.15, 0.2) is 17.6 Å². The summed E-state index contributed by atoms with van der Waals surface area (Å²) in [5.41, 5.74) is 0.931. The van der Waals surface area contributed by atoms with Gasteiger partial charge in [-0.25, -0.2) is 9.97 Å². The summed E-state index contributed by atoms with van der Waals surface area (Å²) >= 11 is 0. The van der Waals surface area contributed by atoms with Gasteiger partial charge in [-0.05, 0) is 43.5 Å². The standard InChI is InChI=1S/C25H29N5O3/c1-3-20(33-22-9-5-4-8-21(22)32-2)25(31)30-14-11-18(12-15-30)19-16-26-17-24(28-19)29-23-10-6-7-13-27-23/h4-10,13,16-18,20H,3,11-12,14-15H2,1-2H3,(H,27,28,29)/t20-/m0/s1. The maximum Gasteiger partial charge on any atom is 0.263 e. The summed E-state index contributed by atoms with van der Waals surface area (Å²) in [6, 6.07) is 13.1. The Hall–Kier alpha value is -3.68. The van der Waals surface area contributed by atoms with Gasteiger partial charge in [-0.15, -0.1) is 0 Å². The highest BCUT2D eigenvalue weighted by Gasteiger charge is 2.30. The fourth-order valence-electron chi connectivity index (χ4n) is 3.98. The number of amides is 1. The Morgan fingerprint density at radius 2 is 1.85 bits per heavy atom. The SMILES string of the molecule is CC[C@H](Oc1ccccc1OC)C(=O)N1CCC(c2cncc(Nc3ccccn3)n2)CC1. The Morgan fingerprint density at radius 1 is 1.09 bits per heavy atom. The lowest BCUT2D eigenvalue weighted by Crippen LogP contribution is -2.45. The van der Waals surface area contributed by atoms with Crippen molar-refractivity contribution >= 4 is 17.5 Å². The monoisotopic (exact) mass is 447 g/mol. The maximum absolute atomic E-state index is 13.1. The molecule has 1 aliphatic rings. The zero-order chi connectivity index (χ0) is 23.0. The van der Waals surface area contributed by atoms with Crippen molar-refractivity contribution in [3.8, 4) is 11.5 Å². The third-order valence-corrected chi connectivity index (χ3v) is 5.78. The molecular formula is C25H29N5O3. The van der Waals surface area contributed by atoms with E-state index in [1.54, 1.807) is 19.5 Å². The highest BCUT2D eigenvalue weighted by Crippen LogP contribution is 2.30. The molecule has 0 radical (unpaired) electrons. The number of piperidine rings is 1. The minimum atomic E-state index is -0.538. The first-order valence-corrected chi connectivity index (χ1v) is 11.3. The van der Waals surface area contributed by atoms with E-state index in [0.717, 1.165) is 24.4 Å². The number of rotatable bonds is 8. The van der Waals surface area contributed by atoms with Crippen LogP contribution in [0.25, 0.3) is 0 Å². The van der Waals surface area contributed by atoms with Gasteiger partial charge in [-0.1, -0.05) is 25.1 Å². The Bertz CT molecular complexity index is 1050. The molecule has 4 rings (SSSR count). The number of likely N-dealkylation sites (tertiary alicyclic amines) is 1. The van der Waals surface area contributed by atoms with Crippen molar-refractivity contribution in [1.82, 2.24) is 19.9 Å². The van der Waals surface area contributed by atoms with Crippen molar-refractivity contribution in [3.05, 3.63) is 66.7 Å². The van der Waals surface area contributed by atoms with Crippen LogP contribution >= 0.6 is 0 Å². The number of nitrogens with one attached hydrogen (secondary N) is 1. The molecule has 0 saturated carbocycles. The van der Waals surface area contributed by atoms with Gasteiger partial charge < -0.3 is 19.7 Å². The number of para-hydroxylation sites is 2. The van der Waals surface area contributed by atoms with Crippen LogP contribution < -0.4 is 14.8 Å². The molecule has 172 valence electrons. The van der Waals surface area contributed by atoms with Crippen LogP contribution in [0.2, 0.25) is 0 Å². The van der Waals surface area contributed by atoms with Crippen molar-refractivity contribution in [2.75, 3.05) is 25.5 Å². The van der Waals surface area contributed by atoms with E-state index < -0.39 is 6.10 Å². The molecule has 1 fully saturated rings. The third-order valence-electron chi connectivity index (χ3n) is 5.78. The lowest BCUT2D eigenvalue weighted by Gasteiger charge is -2.34. The Kier molecular flexibility index (Phi) is 7.34. The van der Waals surface area contributed by atoms with Gasteiger partial charge in [0, 0.05) is 31.4 Å². The normalized spacial score (nSPS) is 15.0. The summed E-state index contributed by atoms with van der Waals surface area (Å²) in [7, 11) is 1.60. The summed E-state index contributed by atoms with van der Waals surface area (Å²) in [6.07, 6.45) is 6.95. The molecule has 1 aromatic carbocycles. The highest BCUT2D eigenvalue weighted by atomic mass is 16.5. The van der Waals surface area contributed by atoms with Gasteiger partial charge in [0.25, 0.3) is 5.91 Å². The first-order chi connectivity index (χ1) is 16.2. The second kappa shape index (κ2) is 10.8. The third kappa shape index (κ3) is 5.58. The fraction of sp³-hybridized carbons (Fsp3) is 0.360. The van der Waals surface area contributed by atoms with Gasteiger partial charge in [0.1, 0.15) is 11.6 Å². The van der Waals surface area contributed by atoms with E-state index in [0.29, 0.717) is 36.8 Å². The van der Waals surface area contributed by atoms with Gasteiger partial charge >= 0.3 is 0 Å². The summed E-state index contributed by atoms with van der Waals surface area (Å²) in [6.45, 7) is 3.28. The van der Waals surface area contributed by atoms with Crippen LogP contribution in [-0.4, -0.2) is 52.1 Å². The first-order valence-electron chi connectivity index (χ1n) is 11.3. The molecule has 8 heteroatoms. The van der Waals surface area contributed by atoms with E-state index in [1.165, 1.54) is 0 Å². The lowest BCUT2D eigenvalue weighted by atomic mass is 9.93. The average molecular weight is 448 g/mol. The van der Waals surface area contributed by atoms with Crippen molar-refractivity contribution in [1.29, 1.82) is 0 Å². The topological polar surface area (TPSA) is 89.5 Å². The predicted molar refractivity (Wildman–Crippen MR) is 126 cm³/mol. The molecule has 3 aromatic rings. The predicted octanol–water partition coefficient (Wildman–Crippen LogP) is 4.19. The summed E-state index contributed by atoms with van der Waals surface area (Å²) in [4.78, 5) is 28.4. The van der Waals surface area contributed by atoms with Crippen molar-refractivity contribution in [2.24, 2.45) is 0 Å². The number of carbonyl (C=O) groups excluding carboxylic acids is 1. The Balaban J connectivity index is 1.36. The molecule has 0 spiro atoms. The molecule has 2 aromatic heterocycles. The maximum atomic E-state index is 13.1. The lowest BCUT2D eigenvalue weighted by molar-refractivity contribution is -0.140. The first kappa shape index (κ1) is 22.5. The molecule has 8 nitrogen and oxygen atoms in total. The molecule has 1 N–H and O–H groups in total. The number of ether oxygens (including phenoxy) is 2. The molecule has 0 bridgehead atoms. The van der Waals surface area contributed by atoms with Gasteiger partial charge in [-0.3, -0.25) is 9.78 Å². The van der Waals surface area contributed by atoms with Gasteiger partial charge in [-0.2, -0.15) is 0 Å². The summed E-state index contributed by atoms with van der Waals surface area (Å²) in [5.74, 6) is 2.87. The van der Waals surface area contributed by atoms with Crippen molar-refractivity contribution in [3.63, 3.8) is 0 Å². The number of hydrogen-bond donors (Lipinski definition) is 1. The number of anilines is 2. The highest BCUT2D eigenvalue weighted by molar-refractivity contribution is 5.81. The number of pyridine rings is 1. The molecule has 0 unspecified atom stereocenters. The van der Waals surface area contributed by atoms with Gasteiger partial charge in [0.05, 0.1) is 19.0 Å². The minimum Gasteiger partial charge on any atom is -0.493 e. The Labute approximate surface area is 194 Å². The van der Waals surface area contributed by atoms with E-state index in [9.17, 15) is 4.79 Å². The van der Waals surface area contributed by atoms with E-state index in [4.69, 9.17) is 14.5 Å². The van der Waals surface area contributed by atoms with Gasteiger partial charge in [0.2, 0.25) is 0 Å². The molecule has 1 saturated heterocycles. The number of hydrogen-bond acceptors (Lipinski definition) is 7. The zero-order valence-electron chi connectivity index (χ0n) is 19.0. The average Bonchev–Trinajstić information content (AvgIpc) is 2.88. The second-order valence-corrected chi connectivity index (χ2v) is 7.93. The van der Waals surface area contributed by atoms with E-state index in [2.05, 4.69) is 15.3 Å². The van der Waals surface area contributed by atoms with Crippen molar-refractivity contribution in [2.45, 2.75) is 38.2 Å². The molecule has 1 atom stereocenters. The zero-order valence-corrected chi connectivity index (χ0v) is 19.0. The number of aromatic nitrogens is 3. The smallest absolute Gasteiger partial charge is 0.263 e. The largest absolute Gasteiger partial charge is 0.493 e. The molecular weight excluding hydrogens is 418 g/mol.